The second-order valence-corrected chi connectivity index (χ2v) is 6.73. The minimum atomic E-state index is -3.50. The van der Waals surface area contributed by atoms with Crippen LogP contribution >= 0.6 is 0 Å². The summed E-state index contributed by atoms with van der Waals surface area (Å²) in [4.78, 5) is 0.251. The van der Waals surface area contributed by atoms with Crippen LogP contribution in [-0.4, -0.2) is 33.7 Å². The van der Waals surface area contributed by atoms with Crippen LogP contribution in [0, 0.1) is 0 Å². The fourth-order valence-electron chi connectivity index (χ4n) is 2.37. The Morgan fingerprint density at radius 1 is 1.45 bits per heavy atom. The Morgan fingerprint density at radius 3 is 2.95 bits per heavy atom. The molecular formula is C14H22N2O3S. The summed E-state index contributed by atoms with van der Waals surface area (Å²) in [5.74, 6) is 0.574. The average Bonchev–Trinajstić information content (AvgIpc) is 2.42. The minimum absolute atomic E-state index is 0.0653. The molecule has 0 aliphatic carbocycles. The van der Waals surface area contributed by atoms with Gasteiger partial charge in [-0.05, 0) is 45.4 Å². The van der Waals surface area contributed by atoms with Gasteiger partial charge in [-0.25, -0.2) is 13.1 Å². The second kappa shape index (κ2) is 6.56. The minimum Gasteiger partial charge on any atom is -0.494 e. The van der Waals surface area contributed by atoms with Crippen molar-refractivity contribution in [3.63, 3.8) is 0 Å². The second-order valence-electron chi connectivity index (χ2n) is 5.02. The number of sulfonamides is 1. The molecule has 6 heteroatoms. The van der Waals surface area contributed by atoms with Crippen LogP contribution in [0.3, 0.4) is 0 Å². The highest BCUT2D eigenvalue weighted by molar-refractivity contribution is 7.89. The summed E-state index contributed by atoms with van der Waals surface area (Å²) >= 11 is 0. The number of rotatable bonds is 5. The molecule has 0 saturated carbocycles. The Kier molecular flexibility index (Phi) is 5.01. The van der Waals surface area contributed by atoms with Crippen molar-refractivity contribution in [3.05, 3.63) is 24.3 Å². The molecule has 0 radical (unpaired) electrons. The van der Waals surface area contributed by atoms with E-state index in [4.69, 9.17) is 4.74 Å². The number of hydrogen-bond donors (Lipinski definition) is 2. The Balaban J connectivity index is 2.15. The van der Waals surface area contributed by atoms with Gasteiger partial charge < -0.3 is 10.1 Å². The Labute approximate surface area is 120 Å². The molecule has 1 saturated heterocycles. The molecule has 1 heterocycles. The lowest BCUT2D eigenvalue weighted by Gasteiger charge is -2.30. The first-order chi connectivity index (χ1) is 9.53. The smallest absolute Gasteiger partial charge is 0.241 e. The number of nitrogens with one attached hydrogen (secondary N) is 2. The van der Waals surface area contributed by atoms with E-state index in [9.17, 15) is 8.42 Å². The fraction of sp³-hybridized carbons (Fsp3) is 0.571. The van der Waals surface area contributed by atoms with Crippen molar-refractivity contribution < 1.29 is 13.2 Å². The van der Waals surface area contributed by atoms with Gasteiger partial charge in [-0.15, -0.1) is 0 Å². The van der Waals surface area contributed by atoms with Crippen molar-refractivity contribution >= 4 is 10.0 Å². The van der Waals surface area contributed by atoms with Crippen molar-refractivity contribution in [3.8, 4) is 5.75 Å². The van der Waals surface area contributed by atoms with Gasteiger partial charge in [0.05, 0.1) is 11.5 Å². The van der Waals surface area contributed by atoms with Gasteiger partial charge in [-0.1, -0.05) is 6.07 Å². The monoisotopic (exact) mass is 298 g/mol. The van der Waals surface area contributed by atoms with Crippen LogP contribution in [0.4, 0.5) is 0 Å². The van der Waals surface area contributed by atoms with Gasteiger partial charge in [0.25, 0.3) is 0 Å². The molecule has 20 heavy (non-hydrogen) atoms. The average molecular weight is 298 g/mol. The number of piperidine rings is 1. The van der Waals surface area contributed by atoms with Crippen molar-refractivity contribution in [1.82, 2.24) is 10.0 Å². The third-order valence-electron chi connectivity index (χ3n) is 3.50. The third kappa shape index (κ3) is 3.71. The molecule has 112 valence electrons. The summed E-state index contributed by atoms with van der Waals surface area (Å²) in [6.07, 6.45) is 1.84. The van der Waals surface area contributed by atoms with E-state index >= 15 is 0 Å². The van der Waals surface area contributed by atoms with Crippen LogP contribution in [0.5, 0.6) is 5.75 Å². The molecule has 2 rings (SSSR count). The highest BCUT2D eigenvalue weighted by Gasteiger charge is 2.26. The lowest BCUT2D eigenvalue weighted by Crippen LogP contribution is -2.51. The fourth-order valence-corrected chi connectivity index (χ4v) is 3.76. The topological polar surface area (TPSA) is 67.4 Å². The summed E-state index contributed by atoms with van der Waals surface area (Å²) in [5.41, 5.74) is 0. The molecule has 2 unspecified atom stereocenters. The molecule has 0 aromatic heterocycles. The predicted octanol–water partition coefficient (Wildman–Crippen LogP) is 1.50. The van der Waals surface area contributed by atoms with E-state index in [1.54, 1.807) is 24.3 Å². The molecule has 2 atom stereocenters. The zero-order valence-electron chi connectivity index (χ0n) is 11.9. The van der Waals surface area contributed by atoms with Crippen LogP contribution in [-0.2, 0) is 10.0 Å². The van der Waals surface area contributed by atoms with Gasteiger partial charge in [0.2, 0.25) is 10.0 Å². The van der Waals surface area contributed by atoms with Crippen LogP contribution in [0.25, 0.3) is 0 Å². The summed E-state index contributed by atoms with van der Waals surface area (Å²) in [7, 11) is -3.50. The lowest BCUT2D eigenvalue weighted by atomic mass is 10.0. The molecule has 1 aromatic carbocycles. The predicted molar refractivity (Wildman–Crippen MR) is 78.4 cm³/mol. The van der Waals surface area contributed by atoms with E-state index < -0.39 is 10.0 Å². The van der Waals surface area contributed by atoms with Crippen molar-refractivity contribution in [1.29, 1.82) is 0 Å². The summed E-state index contributed by atoms with van der Waals surface area (Å²) < 4.78 is 32.9. The Hall–Kier alpha value is -1.11. The van der Waals surface area contributed by atoms with Gasteiger partial charge in [0.1, 0.15) is 5.75 Å². The van der Waals surface area contributed by atoms with E-state index in [-0.39, 0.29) is 17.0 Å². The van der Waals surface area contributed by atoms with Crippen molar-refractivity contribution in [2.45, 2.75) is 43.7 Å². The van der Waals surface area contributed by atoms with E-state index in [1.165, 1.54) is 0 Å². The zero-order chi connectivity index (χ0) is 14.6. The van der Waals surface area contributed by atoms with Gasteiger partial charge in [0.15, 0.2) is 0 Å². The number of benzene rings is 1. The molecule has 1 fully saturated rings. The molecule has 1 aliphatic heterocycles. The molecule has 2 N–H and O–H groups in total. The van der Waals surface area contributed by atoms with Gasteiger partial charge in [-0.3, -0.25) is 0 Å². The number of ether oxygens (including phenoxy) is 1. The normalized spacial score (nSPS) is 23.5. The van der Waals surface area contributed by atoms with Crippen molar-refractivity contribution in [2.24, 2.45) is 0 Å². The van der Waals surface area contributed by atoms with E-state index in [1.807, 2.05) is 13.8 Å². The van der Waals surface area contributed by atoms with E-state index in [2.05, 4.69) is 10.0 Å². The Morgan fingerprint density at radius 2 is 2.25 bits per heavy atom. The Bertz CT molecular complexity index is 545. The first-order valence-electron chi connectivity index (χ1n) is 7.01. The van der Waals surface area contributed by atoms with Gasteiger partial charge in [-0.2, -0.15) is 0 Å². The maximum atomic E-state index is 12.4. The first-order valence-corrected chi connectivity index (χ1v) is 8.50. The van der Waals surface area contributed by atoms with Crippen molar-refractivity contribution in [2.75, 3.05) is 13.2 Å². The lowest BCUT2D eigenvalue weighted by molar-refractivity contribution is 0.338. The van der Waals surface area contributed by atoms with Crippen LogP contribution < -0.4 is 14.8 Å². The largest absolute Gasteiger partial charge is 0.494 e. The highest BCUT2D eigenvalue weighted by atomic mass is 32.2. The SMILES string of the molecule is CCOc1cccc(S(=O)(=O)NC2CCCNC2C)c1. The van der Waals surface area contributed by atoms with Gasteiger partial charge in [0, 0.05) is 18.2 Å². The molecule has 0 spiro atoms. The van der Waals surface area contributed by atoms with Gasteiger partial charge >= 0.3 is 0 Å². The maximum absolute atomic E-state index is 12.4. The van der Waals surface area contributed by atoms with E-state index in [0.717, 1.165) is 19.4 Å². The number of hydrogen-bond acceptors (Lipinski definition) is 4. The van der Waals surface area contributed by atoms with Crippen LogP contribution in [0.1, 0.15) is 26.7 Å². The molecule has 0 amide bonds. The first kappa shape index (κ1) is 15.3. The third-order valence-corrected chi connectivity index (χ3v) is 4.98. The van der Waals surface area contributed by atoms with E-state index in [0.29, 0.717) is 12.4 Å². The van der Waals surface area contributed by atoms with Crippen LogP contribution in [0.2, 0.25) is 0 Å². The molecule has 1 aliphatic rings. The standard InChI is InChI=1S/C14H22N2O3S/c1-3-19-12-6-4-7-13(10-12)20(17,18)16-14-8-5-9-15-11(14)2/h4,6-7,10-11,14-16H,3,5,8-9H2,1-2H3. The summed E-state index contributed by atoms with van der Waals surface area (Å²) in [6.45, 7) is 5.33. The van der Waals surface area contributed by atoms with Crippen LogP contribution in [0.15, 0.2) is 29.2 Å². The molecular weight excluding hydrogens is 276 g/mol. The quantitative estimate of drug-likeness (QED) is 0.864. The molecule has 0 bridgehead atoms. The highest BCUT2D eigenvalue weighted by Crippen LogP contribution is 2.19. The summed E-state index contributed by atoms with van der Waals surface area (Å²) in [5, 5.41) is 3.29. The zero-order valence-corrected chi connectivity index (χ0v) is 12.7. The molecule has 1 aromatic rings. The summed E-state index contributed by atoms with van der Waals surface area (Å²) in [6, 6.07) is 6.69. The molecule has 5 nitrogen and oxygen atoms in total. The maximum Gasteiger partial charge on any atom is 0.241 e.